The van der Waals surface area contributed by atoms with Gasteiger partial charge in [0.2, 0.25) is 0 Å². The highest BCUT2D eigenvalue weighted by Crippen LogP contribution is 2.22. The van der Waals surface area contributed by atoms with Crippen LogP contribution in [-0.4, -0.2) is 12.5 Å². The van der Waals surface area contributed by atoms with Crippen molar-refractivity contribution in [2.75, 3.05) is 6.54 Å². The third kappa shape index (κ3) is 9.67. The fraction of sp³-hybridized carbons (Fsp3) is 0.696. The van der Waals surface area contributed by atoms with Gasteiger partial charge in [-0.05, 0) is 29.5 Å². The molecule has 0 heterocycles. The molecule has 0 aromatic heterocycles. The lowest BCUT2D eigenvalue weighted by Crippen LogP contribution is -2.24. The number of hydrogen-bond donors (Lipinski definition) is 1. The van der Waals surface area contributed by atoms with Crippen LogP contribution in [0.25, 0.3) is 0 Å². The van der Waals surface area contributed by atoms with Gasteiger partial charge in [0, 0.05) is 12.1 Å². The van der Waals surface area contributed by atoms with Crippen molar-refractivity contribution in [3.63, 3.8) is 0 Å². The summed E-state index contributed by atoms with van der Waals surface area (Å²) in [6.07, 6.45) is 13.2. The molecule has 0 aliphatic rings. The van der Waals surface area contributed by atoms with E-state index in [2.05, 4.69) is 45.1 Å². The lowest BCUT2D eigenvalue weighted by atomic mass is 9.87. The van der Waals surface area contributed by atoms with E-state index >= 15 is 0 Å². The topological polar surface area (TPSA) is 29.1 Å². The van der Waals surface area contributed by atoms with Crippen LogP contribution in [-0.2, 0) is 5.41 Å². The molecule has 0 saturated heterocycles. The van der Waals surface area contributed by atoms with Gasteiger partial charge in [0.05, 0.1) is 0 Å². The molecule has 0 unspecified atom stereocenters. The highest BCUT2D eigenvalue weighted by atomic mass is 16.1. The molecule has 1 rings (SSSR count). The zero-order chi connectivity index (χ0) is 18.5. The highest BCUT2D eigenvalue weighted by Gasteiger charge is 2.14. The average Bonchev–Trinajstić information content (AvgIpc) is 2.59. The number of benzene rings is 1. The maximum atomic E-state index is 12.2. The van der Waals surface area contributed by atoms with Gasteiger partial charge in [0.15, 0.2) is 0 Å². The Balaban J connectivity index is 2.07. The molecule has 0 aliphatic heterocycles. The predicted molar refractivity (Wildman–Crippen MR) is 109 cm³/mol. The molecule has 1 aromatic carbocycles. The van der Waals surface area contributed by atoms with E-state index in [0.717, 1.165) is 18.5 Å². The van der Waals surface area contributed by atoms with Crippen LogP contribution in [0.15, 0.2) is 24.3 Å². The first-order chi connectivity index (χ1) is 11.9. The van der Waals surface area contributed by atoms with Crippen LogP contribution < -0.4 is 5.32 Å². The molecule has 1 amide bonds. The predicted octanol–water partition coefficient (Wildman–Crippen LogP) is 6.63. The zero-order valence-electron chi connectivity index (χ0n) is 17.0. The van der Waals surface area contributed by atoms with Gasteiger partial charge in [-0.15, -0.1) is 0 Å². The van der Waals surface area contributed by atoms with Gasteiger partial charge in [0.1, 0.15) is 0 Å². The van der Waals surface area contributed by atoms with Crippen molar-refractivity contribution in [1.29, 1.82) is 0 Å². The molecule has 0 saturated carbocycles. The van der Waals surface area contributed by atoms with Gasteiger partial charge in [-0.25, -0.2) is 0 Å². The van der Waals surface area contributed by atoms with Gasteiger partial charge in [-0.3, -0.25) is 4.79 Å². The summed E-state index contributed by atoms with van der Waals surface area (Å²) < 4.78 is 0. The summed E-state index contributed by atoms with van der Waals surface area (Å²) >= 11 is 0. The molecule has 25 heavy (non-hydrogen) atoms. The normalized spacial score (nSPS) is 11.5. The largest absolute Gasteiger partial charge is 0.352 e. The highest BCUT2D eigenvalue weighted by molar-refractivity contribution is 5.94. The van der Waals surface area contributed by atoms with E-state index in [1.165, 1.54) is 63.4 Å². The molecule has 0 radical (unpaired) electrons. The number of unbranched alkanes of at least 4 members (excludes halogenated alkanes) is 9. The second-order valence-corrected chi connectivity index (χ2v) is 8.27. The molecule has 142 valence electrons. The third-order valence-electron chi connectivity index (χ3n) is 4.83. The maximum Gasteiger partial charge on any atom is 0.251 e. The SMILES string of the molecule is CCCCCCCCCCCCNC(=O)c1ccc(C(C)(C)C)cc1. The van der Waals surface area contributed by atoms with E-state index in [1.54, 1.807) is 0 Å². The molecule has 0 spiro atoms. The van der Waals surface area contributed by atoms with Crippen LogP contribution in [0, 0.1) is 0 Å². The van der Waals surface area contributed by atoms with E-state index in [1.807, 2.05) is 12.1 Å². The standard InChI is InChI=1S/C23H39NO/c1-5-6-7-8-9-10-11-12-13-14-19-24-22(25)20-15-17-21(18-16-20)23(2,3)4/h15-18H,5-14,19H2,1-4H3,(H,24,25). The van der Waals surface area contributed by atoms with Crippen LogP contribution >= 0.6 is 0 Å². The summed E-state index contributed by atoms with van der Waals surface area (Å²) in [6, 6.07) is 8.01. The van der Waals surface area contributed by atoms with Gasteiger partial charge in [-0.2, -0.15) is 0 Å². The third-order valence-corrected chi connectivity index (χ3v) is 4.83. The minimum absolute atomic E-state index is 0.0522. The van der Waals surface area contributed by atoms with Crippen molar-refractivity contribution >= 4 is 5.91 Å². The fourth-order valence-corrected chi connectivity index (χ4v) is 3.04. The Labute approximate surface area is 155 Å². The monoisotopic (exact) mass is 345 g/mol. The van der Waals surface area contributed by atoms with Crippen LogP contribution in [0.3, 0.4) is 0 Å². The Morgan fingerprint density at radius 2 is 1.28 bits per heavy atom. The summed E-state index contributed by atoms with van der Waals surface area (Å²) in [5, 5.41) is 3.04. The molecular weight excluding hydrogens is 306 g/mol. The molecular formula is C23H39NO. The number of rotatable bonds is 12. The first-order valence-corrected chi connectivity index (χ1v) is 10.3. The summed E-state index contributed by atoms with van der Waals surface area (Å²) in [5.74, 6) is 0.0522. The number of nitrogens with one attached hydrogen (secondary N) is 1. The summed E-state index contributed by atoms with van der Waals surface area (Å²) in [7, 11) is 0. The Kier molecular flexibility index (Phi) is 10.5. The van der Waals surface area contributed by atoms with Crippen molar-refractivity contribution in [2.24, 2.45) is 0 Å². The molecule has 2 heteroatoms. The van der Waals surface area contributed by atoms with E-state index < -0.39 is 0 Å². The second kappa shape index (κ2) is 12.1. The minimum atomic E-state index is 0.0522. The van der Waals surface area contributed by atoms with E-state index in [0.29, 0.717) is 0 Å². The van der Waals surface area contributed by atoms with Crippen LogP contribution in [0.2, 0.25) is 0 Å². The molecule has 0 atom stereocenters. The van der Waals surface area contributed by atoms with Gasteiger partial charge in [-0.1, -0.05) is 97.6 Å². The number of hydrogen-bond acceptors (Lipinski definition) is 1. The number of carbonyl (C=O) groups excluding carboxylic acids is 1. The maximum absolute atomic E-state index is 12.2. The Bertz CT molecular complexity index is 470. The zero-order valence-corrected chi connectivity index (χ0v) is 17.0. The molecule has 1 N–H and O–H groups in total. The van der Waals surface area contributed by atoms with Crippen molar-refractivity contribution in [1.82, 2.24) is 5.32 Å². The first kappa shape index (κ1) is 21.7. The fourth-order valence-electron chi connectivity index (χ4n) is 3.04. The smallest absolute Gasteiger partial charge is 0.251 e. The Hall–Kier alpha value is -1.31. The lowest BCUT2D eigenvalue weighted by molar-refractivity contribution is 0.0953. The molecule has 2 nitrogen and oxygen atoms in total. The van der Waals surface area contributed by atoms with Crippen LogP contribution in [0.4, 0.5) is 0 Å². The number of amides is 1. The van der Waals surface area contributed by atoms with Crippen molar-refractivity contribution in [3.05, 3.63) is 35.4 Å². The van der Waals surface area contributed by atoms with Crippen molar-refractivity contribution in [3.8, 4) is 0 Å². The van der Waals surface area contributed by atoms with Gasteiger partial charge >= 0.3 is 0 Å². The van der Waals surface area contributed by atoms with Gasteiger partial charge < -0.3 is 5.32 Å². The average molecular weight is 346 g/mol. The van der Waals surface area contributed by atoms with Crippen molar-refractivity contribution in [2.45, 2.75) is 97.3 Å². The molecule has 0 bridgehead atoms. The van der Waals surface area contributed by atoms with E-state index in [4.69, 9.17) is 0 Å². The minimum Gasteiger partial charge on any atom is -0.352 e. The molecule has 0 aliphatic carbocycles. The summed E-state index contributed by atoms with van der Waals surface area (Å²) in [5.41, 5.74) is 2.16. The number of carbonyl (C=O) groups is 1. The van der Waals surface area contributed by atoms with E-state index in [-0.39, 0.29) is 11.3 Å². The first-order valence-electron chi connectivity index (χ1n) is 10.3. The lowest BCUT2D eigenvalue weighted by Gasteiger charge is -2.19. The van der Waals surface area contributed by atoms with E-state index in [9.17, 15) is 4.79 Å². The Morgan fingerprint density at radius 3 is 1.76 bits per heavy atom. The summed E-state index contributed by atoms with van der Waals surface area (Å²) in [4.78, 5) is 12.2. The quantitative estimate of drug-likeness (QED) is 0.423. The van der Waals surface area contributed by atoms with Crippen molar-refractivity contribution < 1.29 is 4.79 Å². The van der Waals surface area contributed by atoms with Crippen LogP contribution in [0.5, 0.6) is 0 Å². The second-order valence-electron chi connectivity index (χ2n) is 8.27. The van der Waals surface area contributed by atoms with Gasteiger partial charge in [0.25, 0.3) is 5.91 Å². The molecule has 0 fully saturated rings. The summed E-state index contributed by atoms with van der Waals surface area (Å²) in [6.45, 7) is 9.61. The Morgan fingerprint density at radius 1 is 0.800 bits per heavy atom. The van der Waals surface area contributed by atoms with Crippen LogP contribution in [0.1, 0.15) is 108 Å². The molecule has 1 aromatic rings.